The predicted octanol–water partition coefficient (Wildman–Crippen LogP) is 2.80. The Labute approximate surface area is 117 Å². The van der Waals surface area contributed by atoms with Crippen molar-refractivity contribution in [2.24, 2.45) is 0 Å². The molecule has 0 bridgehead atoms. The molecule has 0 unspecified atom stereocenters. The van der Waals surface area contributed by atoms with Gasteiger partial charge in [-0.3, -0.25) is 9.59 Å². The fourth-order valence-corrected chi connectivity index (χ4v) is 2.89. The van der Waals surface area contributed by atoms with E-state index in [1.54, 1.807) is 0 Å². The SMILES string of the molecule is O=C1C(=O)N(CCc2ccsc2)c2cc(F)c(F)cc21. The number of amides is 1. The van der Waals surface area contributed by atoms with Gasteiger partial charge in [0.15, 0.2) is 11.6 Å². The van der Waals surface area contributed by atoms with Crippen LogP contribution in [0, 0.1) is 11.6 Å². The Bertz CT molecular complexity index is 697. The van der Waals surface area contributed by atoms with Crippen LogP contribution in [0.15, 0.2) is 29.0 Å². The van der Waals surface area contributed by atoms with E-state index < -0.39 is 23.3 Å². The molecule has 1 amide bonds. The Hall–Kier alpha value is -2.08. The van der Waals surface area contributed by atoms with Crippen LogP contribution >= 0.6 is 11.3 Å². The molecule has 0 saturated heterocycles. The minimum absolute atomic E-state index is 0.0702. The number of nitrogens with zero attached hydrogens (tertiary/aromatic N) is 1. The molecular formula is C14H9F2NO2S. The third-order valence-corrected chi connectivity index (χ3v) is 3.95. The average molecular weight is 293 g/mol. The molecule has 2 heterocycles. The fourth-order valence-electron chi connectivity index (χ4n) is 2.19. The number of rotatable bonds is 3. The molecule has 102 valence electrons. The van der Waals surface area contributed by atoms with Gasteiger partial charge in [0.2, 0.25) is 0 Å². The van der Waals surface area contributed by atoms with Crippen molar-refractivity contribution >= 4 is 28.7 Å². The molecule has 1 aromatic carbocycles. The zero-order valence-corrected chi connectivity index (χ0v) is 11.0. The summed E-state index contributed by atoms with van der Waals surface area (Å²) in [5, 5.41) is 3.85. The predicted molar refractivity (Wildman–Crippen MR) is 71.1 cm³/mol. The molecule has 3 nitrogen and oxygen atoms in total. The highest BCUT2D eigenvalue weighted by Crippen LogP contribution is 2.31. The molecule has 20 heavy (non-hydrogen) atoms. The minimum atomic E-state index is -1.12. The second-order valence-electron chi connectivity index (χ2n) is 4.45. The van der Waals surface area contributed by atoms with Gasteiger partial charge in [0.25, 0.3) is 11.7 Å². The van der Waals surface area contributed by atoms with E-state index >= 15 is 0 Å². The van der Waals surface area contributed by atoms with Gasteiger partial charge in [-0.05, 0) is 34.9 Å². The van der Waals surface area contributed by atoms with Crippen molar-refractivity contribution in [3.63, 3.8) is 0 Å². The molecule has 0 N–H and O–H groups in total. The number of carbonyl (C=O) groups is 2. The molecule has 0 spiro atoms. The highest BCUT2D eigenvalue weighted by molar-refractivity contribution is 7.07. The number of Topliss-reactive ketones (excluding diaryl/α,β-unsaturated/α-hetero) is 1. The van der Waals surface area contributed by atoms with Crippen LogP contribution in [0.25, 0.3) is 0 Å². The van der Waals surface area contributed by atoms with E-state index in [0.717, 1.165) is 17.7 Å². The summed E-state index contributed by atoms with van der Waals surface area (Å²) in [6.07, 6.45) is 0.557. The number of anilines is 1. The maximum absolute atomic E-state index is 13.3. The molecule has 1 aliphatic heterocycles. The highest BCUT2D eigenvalue weighted by Gasteiger charge is 2.36. The van der Waals surface area contributed by atoms with Gasteiger partial charge in [-0.25, -0.2) is 8.78 Å². The number of benzene rings is 1. The maximum Gasteiger partial charge on any atom is 0.299 e. The summed E-state index contributed by atoms with van der Waals surface area (Å²) in [6, 6.07) is 3.61. The maximum atomic E-state index is 13.3. The summed E-state index contributed by atoms with van der Waals surface area (Å²) < 4.78 is 26.4. The molecule has 0 radical (unpaired) electrons. The topological polar surface area (TPSA) is 37.4 Å². The summed E-state index contributed by atoms with van der Waals surface area (Å²) >= 11 is 1.53. The molecule has 0 aliphatic carbocycles. The van der Waals surface area contributed by atoms with E-state index in [4.69, 9.17) is 0 Å². The number of thiophene rings is 1. The first-order chi connectivity index (χ1) is 9.58. The first kappa shape index (κ1) is 12.9. The summed E-state index contributed by atoms with van der Waals surface area (Å²) in [5.41, 5.74) is 1.11. The van der Waals surface area contributed by atoms with Crippen molar-refractivity contribution in [3.8, 4) is 0 Å². The van der Waals surface area contributed by atoms with Crippen LogP contribution < -0.4 is 4.90 Å². The number of carbonyl (C=O) groups excluding carboxylic acids is 2. The van der Waals surface area contributed by atoms with Crippen LogP contribution in [-0.2, 0) is 11.2 Å². The lowest BCUT2D eigenvalue weighted by molar-refractivity contribution is -0.114. The molecule has 0 atom stereocenters. The van der Waals surface area contributed by atoms with E-state index in [1.165, 1.54) is 16.2 Å². The van der Waals surface area contributed by atoms with E-state index in [1.807, 2.05) is 16.8 Å². The smallest absolute Gasteiger partial charge is 0.299 e. The van der Waals surface area contributed by atoms with Crippen LogP contribution in [0.2, 0.25) is 0 Å². The second-order valence-corrected chi connectivity index (χ2v) is 5.23. The summed E-state index contributed by atoms with van der Waals surface area (Å²) in [6.45, 7) is 0.263. The first-order valence-electron chi connectivity index (χ1n) is 5.94. The van der Waals surface area contributed by atoms with E-state index in [2.05, 4.69) is 0 Å². The summed E-state index contributed by atoms with van der Waals surface area (Å²) in [7, 11) is 0. The van der Waals surface area contributed by atoms with E-state index in [0.29, 0.717) is 6.42 Å². The lowest BCUT2D eigenvalue weighted by atomic mass is 10.1. The van der Waals surface area contributed by atoms with Crippen molar-refractivity contribution in [1.82, 2.24) is 0 Å². The lowest BCUT2D eigenvalue weighted by Crippen LogP contribution is -2.31. The molecular weight excluding hydrogens is 284 g/mol. The number of halogens is 2. The van der Waals surface area contributed by atoms with Gasteiger partial charge < -0.3 is 4.90 Å². The highest BCUT2D eigenvalue weighted by atomic mass is 32.1. The van der Waals surface area contributed by atoms with Crippen LogP contribution in [0.1, 0.15) is 15.9 Å². The van der Waals surface area contributed by atoms with Gasteiger partial charge in [-0.15, -0.1) is 0 Å². The Morgan fingerprint density at radius 1 is 1.15 bits per heavy atom. The van der Waals surface area contributed by atoms with Gasteiger partial charge in [-0.1, -0.05) is 0 Å². The first-order valence-corrected chi connectivity index (χ1v) is 6.88. The van der Waals surface area contributed by atoms with Crippen LogP contribution in [0.5, 0.6) is 0 Å². The van der Waals surface area contributed by atoms with Crippen molar-refractivity contribution in [2.75, 3.05) is 11.4 Å². The van der Waals surface area contributed by atoms with Crippen molar-refractivity contribution < 1.29 is 18.4 Å². The van der Waals surface area contributed by atoms with Crippen molar-refractivity contribution in [1.29, 1.82) is 0 Å². The third kappa shape index (κ3) is 2.02. The van der Waals surface area contributed by atoms with Gasteiger partial charge >= 0.3 is 0 Å². The number of hydrogen-bond acceptors (Lipinski definition) is 3. The van der Waals surface area contributed by atoms with Gasteiger partial charge in [0.05, 0.1) is 11.3 Å². The summed E-state index contributed by atoms with van der Waals surface area (Å²) in [4.78, 5) is 24.8. The number of hydrogen-bond donors (Lipinski definition) is 0. The number of fused-ring (bicyclic) bond motifs is 1. The normalized spacial score (nSPS) is 14.0. The molecule has 1 aliphatic rings. The molecule has 0 fully saturated rings. The Morgan fingerprint density at radius 2 is 1.90 bits per heavy atom. The molecule has 6 heteroatoms. The minimum Gasteiger partial charge on any atom is -0.304 e. The standard InChI is InChI=1S/C14H9F2NO2S/c15-10-5-9-12(6-11(10)16)17(14(19)13(9)18)3-1-8-2-4-20-7-8/h2,4-7H,1,3H2. The van der Waals surface area contributed by atoms with Gasteiger partial charge in [-0.2, -0.15) is 11.3 Å². The molecule has 1 aromatic heterocycles. The van der Waals surface area contributed by atoms with E-state index in [9.17, 15) is 18.4 Å². The Kier molecular flexibility index (Phi) is 3.10. The lowest BCUT2D eigenvalue weighted by Gasteiger charge is -2.16. The van der Waals surface area contributed by atoms with Crippen molar-refractivity contribution in [3.05, 3.63) is 51.7 Å². The quantitative estimate of drug-likeness (QED) is 0.816. The zero-order chi connectivity index (χ0) is 14.3. The van der Waals surface area contributed by atoms with E-state index in [-0.39, 0.29) is 17.8 Å². The summed E-state index contributed by atoms with van der Waals surface area (Å²) in [5.74, 6) is -3.71. The zero-order valence-electron chi connectivity index (χ0n) is 10.2. The fraction of sp³-hybridized carbons (Fsp3) is 0.143. The molecule has 2 aromatic rings. The Morgan fingerprint density at radius 3 is 2.60 bits per heavy atom. The molecule has 0 saturated carbocycles. The Balaban J connectivity index is 1.91. The van der Waals surface area contributed by atoms with Crippen LogP contribution in [0.4, 0.5) is 14.5 Å². The van der Waals surface area contributed by atoms with Crippen LogP contribution in [-0.4, -0.2) is 18.2 Å². The largest absolute Gasteiger partial charge is 0.304 e. The number of ketones is 1. The molecule has 3 rings (SSSR count). The second kappa shape index (κ2) is 4.79. The van der Waals surface area contributed by atoms with Gasteiger partial charge in [0, 0.05) is 12.6 Å². The third-order valence-electron chi connectivity index (χ3n) is 3.22. The van der Waals surface area contributed by atoms with Crippen LogP contribution in [0.3, 0.4) is 0 Å². The monoisotopic (exact) mass is 293 g/mol. The van der Waals surface area contributed by atoms with Gasteiger partial charge in [0.1, 0.15) is 0 Å². The van der Waals surface area contributed by atoms with Crippen molar-refractivity contribution in [2.45, 2.75) is 6.42 Å². The average Bonchev–Trinajstić information content (AvgIpc) is 3.00.